The van der Waals surface area contributed by atoms with Gasteiger partial charge >= 0.3 is 0 Å². The second-order valence-electron chi connectivity index (χ2n) is 14.7. The first kappa shape index (κ1) is 32.8. The van der Waals surface area contributed by atoms with Crippen LogP contribution in [0.1, 0.15) is 45.7 Å². The average Bonchev–Trinajstić information content (AvgIpc) is 3.58. The van der Waals surface area contributed by atoms with E-state index in [9.17, 15) is 0 Å². The van der Waals surface area contributed by atoms with E-state index in [0.29, 0.717) is 0 Å². The largest absolute Gasteiger partial charge is 0.248 e. The number of pyridine rings is 1. The molecule has 2 aliphatic carbocycles. The third-order valence-electron chi connectivity index (χ3n) is 11.5. The molecule has 10 rings (SSSR count). The summed E-state index contributed by atoms with van der Waals surface area (Å²) in [4.78, 5) is 5.08. The maximum absolute atomic E-state index is 5.08. The molecule has 2 aliphatic rings. The van der Waals surface area contributed by atoms with Crippen LogP contribution in [0.3, 0.4) is 0 Å². The summed E-state index contributed by atoms with van der Waals surface area (Å²) in [6.07, 6.45) is 7.86. The molecule has 1 heterocycles. The average molecular weight is 702 g/mol. The normalized spacial score (nSPS) is 15.2. The third-order valence-corrected chi connectivity index (χ3v) is 11.5. The first-order valence-electron chi connectivity index (χ1n) is 19.2. The van der Waals surface area contributed by atoms with Crippen molar-refractivity contribution in [1.82, 2.24) is 4.98 Å². The van der Waals surface area contributed by atoms with E-state index in [1.807, 2.05) is 0 Å². The number of fused-ring (bicyclic) bond motifs is 3. The fourth-order valence-electron chi connectivity index (χ4n) is 8.91. The molecule has 1 nitrogen and oxygen atoms in total. The van der Waals surface area contributed by atoms with Crippen molar-refractivity contribution in [2.75, 3.05) is 0 Å². The molecular formula is C54H39N. The lowest BCUT2D eigenvalue weighted by Crippen LogP contribution is -2.28. The minimum absolute atomic E-state index is 0.280. The van der Waals surface area contributed by atoms with E-state index in [-0.39, 0.29) is 11.3 Å². The second kappa shape index (κ2) is 13.9. The predicted octanol–water partition coefficient (Wildman–Crippen LogP) is 13.6. The molecule has 0 saturated carbocycles. The van der Waals surface area contributed by atoms with Crippen LogP contribution < -0.4 is 0 Å². The van der Waals surface area contributed by atoms with Crippen LogP contribution in [0.2, 0.25) is 0 Å². The highest BCUT2D eigenvalue weighted by molar-refractivity contribution is 5.87. The van der Waals surface area contributed by atoms with Crippen LogP contribution in [0.25, 0.3) is 50.3 Å². The van der Waals surface area contributed by atoms with Gasteiger partial charge in [-0.2, -0.15) is 0 Å². The number of aromatic nitrogens is 1. The smallest absolute Gasteiger partial charge is 0.0715 e. The summed E-state index contributed by atoms with van der Waals surface area (Å²) in [6, 6.07) is 72.8. The molecule has 0 amide bonds. The predicted molar refractivity (Wildman–Crippen MR) is 229 cm³/mol. The Labute approximate surface area is 323 Å². The minimum atomic E-state index is -0.374. The Balaban J connectivity index is 0.977. The fourth-order valence-corrected chi connectivity index (χ4v) is 8.91. The molecule has 0 spiro atoms. The van der Waals surface area contributed by atoms with Gasteiger partial charge in [-0.1, -0.05) is 206 Å². The Hall–Kier alpha value is -6.83. The zero-order chi connectivity index (χ0) is 36.6. The molecule has 55 heavy (non-hydrogen) atoms. The van der Waals surface area contributed by atoms with Gasteiger partial charge in [-0.15, -0.1) is 0 Å². The van der Waals surface area contributed by atoms with Crippen molar-refractivity contribution < 1.29 is 0 Å². The Kier molecular flexibility index (Phi) is 8.26. The summed E-state index contributed by atoms with van der Waals surface area (Å²) in [5, 5.41) is 0. The second-order valence-corrected chi connectivity index (χ2v) is 14.7. The maximum Gasteiger partial charge on any atom is 0.0715 e. The Bertz CT molecular complexity index is 2590. The molecule has 7 aromatic carbocycles. The monoisotopic (exact) mass is 701 g/mol. The number of benzene rings is 7. The van der Waals surface area contributed by atoms with Crippen LogP contribution in [0, 0.1) is 0 Å². The topological polar surface area (TPSA) is 12.9 Å². The highest BCUT2D eigenvalue weighted by atomic mass is 14.7. The molecule has 1 heteroatoms. The van der Waals surface area contributed by atoms with Crippen molar-refractivity contribution in [3.8, 4) is 44.8 Å². The number of hydrogen-bond acceptors (Lipinski definition) is 1. The van der Waals surface area contributed by atoms with Crippen LogP contribution in [-0.4, -0.2) is 4.98 Å². The van der Waals surface area contributed by atoms with Gasteiger partial charge in [0, 0.05) is 17.0 Å². The van der Waals surface area contributed by atoms with Gasteiger partial charge in [0.2, 0.25) is 0 Å². The van der Waals surface area contributed by atoms with E-state index < -0.39 is 0 Å². The van der Waals surface area contributed by atoms with E-state index in [2.05, 4.69) is 218 Å². The van der Waals surface area contributed by atoms with Gasteiger partial charge < -0.3 is 0 Å². The zero-order valence-electron chi connectivity index (χ0n) is 30.5. The van der Waals surface area contributed by atoms with Crippen LogP contribution in [0.15, 0.2) is 218 Å². The van der Waals surface area contributed by atoms with Crippen molar-refractivity contribution in [3.63, 3.8) is 0 Å². The lowest BCUT2D eigenvalue weighted by Gasteiger charge is -2.34. The summed E-state index contributed by atoms with van der Waals surface area (Å²) in [6.45, 7) is 0. The Morgan fingerprint density at radius 1 is 0.418 bits per heavy atom. The van der Waals surface area contributed by atoms with E-state index in [1.54, 1.807) is 0 Å². The summed E-state index contributed by atoms with van der Waals surface area (Å²) in [5.41, 5.74) is 18.1. The lowest BCUT2D eigenvalue weighted by atomic mass is 9.67. The Morgan fingerprint density at radius 2 is 0.945 bits per heavy atom. The number of allylic oxidation sites excluding steroid dienone is 4. The van der Waals surface area contributed by atoms with E-state index in [4.69, 9.17) is 4.98 Å². The lowest BCUT2D eigenvalue weighted by molar-refractivity contribution is 0.766. The first-order valence-corrected chi connectivity index (χ1v) is 19.2. The standard InChI is InChI=1S/C54H39N/c1-5-16-40(17-6-1)52-36-45(37-53(55-52)41-18-7-2-8-19-41)39-30-28-38(29-31-39)42-20-15-21-43(34-42)44-32-33-51-49(35-44)48-26-13-14-27-50(48)54(51,46-22-9-3-10-23-46)47-24-11-4-12-25-47/h1-33,35-37,43H,34H2. The van der Waals surface area contributed by atoms with E-state index >= 15 is 0 Å². The molecule has 1 aromatic heterocycles. The van der Waals surface area contributed by atoms with Gasteiger partial charge in [0.25, 0.3) is 0 Å². The highest BCUT2D eigenvalue weighted by Crippen LogP contribution is 2.56. The van der Waals surface area contributed by atoms with Crippen LogP contribution >= 0.6 is 0 Å². The quantitative estimate of drug-likeness (QED) is 0.161. The van der Waals surface area contributed by atoms with Crippen LogP contribution in [0.4, 0.5) is 0 Å². The summed E-state index contributed by atoms with van der Waals surface area (Å²) in [5.74, 6) is 0.280. The first-order chi connectivity index (χ1) is 27.3. The third kappa shape index (κ3) is 5.77. The van der Waals surface area contributed by atoms with Gasteiger partial charge in [-0.3, -0.25) is 0 Å². The van der Waals surface area contributed by atoms with Gasteiger partial charge in [-0.05, 0) is 79.8 Å². The van der Waals surface area contributed by atoms with Crippen molar-refractivity contribution >= 4 is 5.57 Å². The highest BCUT2D eigenvalue weighted by Gasteiger charge is 2.46. The number of nitrogens with zero attached hydrogens (tertiary/aromatic N) is 1. The van der Waals surface area contributed by atoms with Crippen molar-refractivity contribution in [2.45, 2.75) is 17.8 Å². The molecule has 0 fully saturated rings. The molecule has 0 bridgehead atoms. The van der Waals surface area contributed by atoms with E-state index in [1.165, 1.54) is 55.6 Å². The minimum Gasteiger partial charge on any atom is -0.248 e. The molecule has 8 aromatic rings. The van der Waals surface area contributed by atoms with Crippen molar-refractivity contribution in [1.29, 1.82) is 0 Å². The summed E-state index contributed by atoms with van der Waals surface area (Å²) in [7, 11) is 0. The molecule has 1 atom stereocenters. The van der Waals surface area contributed by atoms with Gasteiger partial charge in [0.05, 0.1) is 16.8 Å². The molecule has 0 aliphatic heterocycles. The zero-order valence-corrected chi connectivity index (χ0v) is 30.5. The molecule has 260 valence electrons. The Morgan fingerprint density at radius 3 is 1.56 bits per heavy atom. The molecule has 0 saturated heterocycles. The van der Waals surface area contributed by atoms with Gasteiger partial charge in [0.15, 0.2) is 0 Å². The van der Waals surface area contributed by atoms with E-state index in [0.717, 1.165) is 34.5 Å². The van der Waals surface area contributed by atoms with Gasteiger partial charge in [0.1, 0.15) is 0 Å². The molecule has 0 radical (unpaired) electrons. The fraction of sp³-hybridized carbons (Fsp3) is 0.0556. The van der Waals surface area contributed by atoms with Crippen molar-refractivity contribution in [3.05, 3.63) is 252 Å². The molecule has 1 unspecified atom stereocenters. The van der Waals surface area contributed by atoms with Crippen LogP contribution in [-0.2, 0) is 5.41 Å². The maximum atomic E-state index is 5.08. The summed E-state index contributed by atoms with van der Waals surface area (Å²) >= 11 is 0. The SMILES string of the molecule is C1=CC(c2ccc3c(c2)-c2ccccc2C3(c2ccccc2)c2ccccc2)CC(c2ccc(-c3cc(-c4ccccc4)nc(-c4ccccc4)c3)cc2)=C1. The summed E-state index contributed by atoms with van der Waals surface area (Å²) < 4.78 is 0. The number of rotatable bonds is 7. The van der Waals surface area contributed by atoms with Crippen LogP contribution in [0.5, 0.6) is 0 Å². The van der Waals surface area contributed by atoms with Gasteiger partial charge in [-0.25, -0.2) is 4.98 Å². The van der Waals surface area contributed by atoms with Crippen molar-refractivity contribution in [2.24, 2.45) is 0 Å². The molecule has 0 N–H and O–H groups in total. The molecular weight excluding hydrogens is 663 g/mol. The number of hydrogen-bond donors (Lipinski definition) is 0.